The van der Waals surface area contributed by atoms with E-state index >= 15 is 0 Å². The molecule has 4 heteroatoms. The van der Waals surface area contributed by atoms with Crippen molar-refractivity contribution >= 4 is 12.6 Å². The molecule has 0 unspecified atom stereocenters. The Labute approximate surface area is 69.1 Å². The Morgan fingerprint density at radius 1 is 0.909 bits per heavy atom. The minimum atomic E-state index is 0. The summed E-state index contributed by atoms with van der Waals surface area (Å²) in [5.74, 6) is 0. The van der Waals surface area contributed by atoms with Crippen molar-refractivity contribution in [3.63, 3.8) is 0 Å². The van der Waals surface area contributed by atoms with E-state index in [1.165, 1.54) is 5.56 Å². The van der Waals surface area contributed by atoms with Crippen molar-refractivity contribution in [2.45, 2.75) is 11.8 Å². The summed E-state index contributed by atoms with van der Waals surface area (Å²) < 4.78 is 0. The second-order valence-electron chi connectivity index (χ2n) is 1.84. The lowest BCUT2D eigenvalue weighted by Crippen LogP contribution is -1.67. The van der Waals surface area contributed by atoms with Crippen LogP contribution in [-0.2, 0) is 0 Å². The molecule has 0 nitrogen and oxygen atoms in total. The second-order valence-corrected chi connectivity index (χ2v) is 2.35. The smallest absolute Gasteiger partial charge is 0.00401 e. The van der Waals surface area contributed by atoms with Gasteiger partial charge in [0.2, 0.25) is 0 Å². The molecule has 0 spiro atoms. The first-order valence-corrected chi connectivity index (χ1v) is 2.99. The normalized spacial score (nSPS) is 6.73. The highest BCUT2D eigenvalue weighted by Crippen LogP contribution is 2.05. The van der Waals surface area contributed by atoms with Crippen LogP contribution in [0.5, 0.6) is 0 Å². The zero-order valence-electron chi connectivity index (χ0n) is 5.98. The molecule has 0 aromatic heterocycles. The van der Waals surface area contributed by atoms with Crippen molar-refractivity contribution in [1.29, 1.82) is 0 Å². The highest BCUT2D eigenvalue weighted by molar-refractivity contribution is 7.80. The van der Waals surface area contributed by atoms with Gasteiger partial charge in [-0.25, -0.2) is 0 Å². The van der Waals surface area contributed by atoms with Crippen LogP contribution >= 0.6 is 12.6 Å². The Bertz CT molecular complexity index is 153. The van der Waals surface area contributed by atoms with E-state index in [1.807, 2.05) is 24.3 Å². The summed E-state index contributed by atoms with van der Waals surface area (Å²) in [5, 5.41) is 0. The number of hydrogen-bond donors (Lipinski definition) is 1. The van der Waals surface area contributed by atoms with Gasteiger partial charge in [0.15, 0.2) is 0 Å². The second kappa shape index (κ2) is 7.47. The summed E-state index contributed by atoms with van der Waals surface area (Å²) in [4.78, 5) is 1.02. The van der Waals surface area contributed by atoms with Gasteiger partial charge in [-0.3, -0.25) is 14.1 Å². The molecule has 0 saturated carbocycles. The number of thiol groups is 1. The first kappa shape index (κ1) is 16.8. The van der Waals surface area contributed by atoms with E-state index in [0.717, 1.165) is 4.90 Å². The standard InChI is InChI=1S/C7H8S.3FH/c1-6-2-4-7(8)5-3-6;;;/h2-5,8H,1H3;3*1H. The Balaban J connectivity index is -0.000000213. The van der Waals surface area contributed by atoms with Crippen LogP contribution in [0.4, 0.5) is 14.1 Å². The van der Waals surface area contributed by atoms with Gasteiger partial charge in [0, 0.05) is 4.90 Å². The number of aryl methyl sites for hydroxylation is 1. The summed E-state index contributed by atoms with van der Waals surface area (Å²) >= 11 is 4.13. The van der Waals surface area contributed by atoms with E-state index in [0.29, 0.717) is 0 Å². The molecule has 0 amide bonds. The zero-order valence-corrected chi connectivity index (χ0v) is 6.88. The lowest BCUT2D eigenvalue weighted by atomic mass is 10.2. The Hall–Kier alpha value is -0.640. The lowest BCUT2D eigenvalue weighted by Gasteiger charge is -1.89. The first-order chi connectivity index (χ1) is 3.79. The fraction of sp³-hybridized carbons (Fsp3) is 0.143. The molecule has 0 radical (unpaired) electrons. The molecule has 0 N–H and O–H groups in total. The summed E-state index contributed by atoms with van der Waals surface area (Å²) in [7, 11) is 0. The Morgan fingerprint density at radius 2 is 1.27 bits per heavy atom. The van der Waals surface area contributed by atoms with Gasteiger partial charge in [0.1, 0.15) is 0 Å². The quantitative estimate of drug-likeness (QED) is 0.589. The van der Waals surface area contributed by atoms with Gasteiger partial charge in [-0.15, -0.1) is 12.6 Å². The fourth-order valence-corrected chi connectivity index (χ4v) is 0.694. The first-order valence-electron chi connectivity index (χ1n) is 2.54. The third kappa shape index (κ3) is 5.79. The Morgan fingerprint density at radius 3 is 1.55 bits per heavy atom. The van der Waals surface area contributed by atoms with Gasteiger partial charge >= 0.3 is 0 Å². The van der Waals surface area contributed by atoms with Gasteiger partial charge in [0.05, 0.1) is 0 Å². The lowest BCUT2D eigenvalue weighted by molar-refractivity contribution is 1.11. The number of benzene rings is 1. The van der Waals surface area contributed by atoms with E-state index in [4.69, 9.17) is 0 Å². The van der Waals surface area contributed by atoms with Crippen molar-refractivity contribution in [2.24, 2.45) is 0 Å². The van der Waals surface area contributed by atoms with Gasteiger partial charge in [-0.2, -0.15) is 0 Å². The van der Waals surface area contributed by atoms with E-state index in [2.05, 4.69) is 19.6 Å². The highest BCUT2D eigenvalue weighted by Gasteiger charge is 1.80. The van der Waals surface area contributed by atoms with E-state index < -0.39 is 0 Å². The molecule has 0 aliphatic heterocycles. The molecule has 0 fully saturated rings. The SMILES string of the molecule is Cc1ccc(S)cc1.F.F.F. The molecule has 1 aromatic rings. The molecule has 0 aliphatic rings. The molecule has 66 valence electrons. The van der Waals surface area contributed by atoms with Crippen LogP contribution in [0, 0.1) is 6.92 Å². The monoisotopic (exact) mass is 184 g/mol. The molecular weight excluding hydrogens is 173 g/mol. The molecule has 0 saturated heterocycles. The summed E-state index contributed by atoms with van der Waals surface area (Å²) in [5.41, 5.74) is 1.28. The summed E-state index contributed by atoms with van der Waals surface area (Å²) in [6.07, 6.45) is 0. The summed E-state index contributed by atoms with van der Waals surface area (Å²) in [6.45, 7) is 2.06. The molecule has 0 heterocycles. The summed E-state index contributed by atoms with van der Waals surface area (Å²) in [6, 6.07) is 8.06. The predicted octanol–water partition coefficient (Wildman–Crippen LogP) is 2.74. The molecule has 11 heavy (non-hydrogen) atoms. The van der Waals surface area contributed by atoms with E-state index in [-0.39, 0.29) is 14.1 Å². The van der Waals surface area contributed by atoms with Crippen molar-refractivity contribution in [3.05, 3.63) is 29.8 Å². The molecule has 1 aromatic carbocycles. The third-order valence-electron chi connectivity index (χ3n) is 1.03. The van der Waals surface area contributed by atoms with E-state index in [1.54, 1.807) is 0 Å². The molecule has 0 bridgehead atoms. The number of halogens is 3. The predicted molar refractivity (Wildman–Crippen MR) is 45.9 cm³/mol. The maximum atomic E-state index is 4.13. The van der Waals surface area contributed by atoms with Crippen LogP contribution in [-0.4, -0.2) is 0 Å². The Kier molecular flexibility index (Phi) is 11.4. The minimum Gasteiger partial charge on any atom is -0.269 e. The van der Waals surface area contributed by atoms with E-state index in [9.17, 15) is 0 Å². The average Bonchev–Trinajstić information content (AvgIpc) is 1.77. The molecule has 0 aliphatic carbocycles. The van der Waals surface area contributed by atoms with Crippen LogP contribution in [0.1, 0.15) is 5.56 Å². The van der Waals surface area contributed by atoms with Gasteiger partial charge in [0.25, 0.3) is 0 Å². The van der Waals surface area contributed by atoms with Crippen LogP contribution in [0.15, 0.2) is 29.2 Å². The van der Waals surface area contributed by atoms with Gasteiger partial charge in [-0.1, -0.05) is 17.7 Å². The van der Waals surface area contributed by atoms with Gasteiger partial charge < -0.3 is 0 Å². The number of rotatable bonds is 0. The number of hydrogen-bond acceptors (Lipinski definition) is 1. The van der Waals surface area contributed by atoms with Crippen LogP contribution < -0.4 is 0 Å². The van der Waals surface area contributed by atoms with Crippen molar-refractivity contribution in [3.8, 4) is 0 Å². The molecular formula is C7H11F3S. The molecule has 1 rings (SSSR count). The highest BCUT2D eigenvalue weighted by atomic mass is 32.1. The van der Waals surface area contributed by atoms with Crippen LogP contribution in [0.25, 0.3) is 0 Å². The van der Waals surface area contributed by atoms with Crippen molar-refractivity contribution in [2.75, 3.05) is 0 Å². The van der Waals surface area contributed by atoms with Crippen molar-refractivity contribution < 1.29 is 14.1 Å². The molecule has 0 atom stereocenters. The van der Waals surface area contributed by atoms with Crippen LogP contribution in [0.3, 0.4) is 0 Å². The average molecular weight is 184 g/mol. The fourth-order valence-electron chi connectivity index (χ4n) is 0.545. The van der Waals surface area contributed by atoms with Gasteiger partial charge in [-0.05, 0) is 19.1 Å². The largest absolute Gasteiger partial charge is 0.269 e. The zero-order chi connectivity index (χ0) is 5.98. The maximum absolute atomic E-state index is 4.13. The maximum Gasteiger partial charge on any atom is 0.00401 e. The third-order valence-corrected chi connectivity index (χ3v) is 1.33. The topological polar surface area (TPSA) is 0 Å². The van der Waals surface area contributed by atoms with Crippen molar-refractivity contribution in [1.82, 2.24) is 0 Å². The van der Waals surface area contributed by atoms with Crippen LogP contribution in [0.2, 0.25) is 0 Å². The minimum absolute atomic E-state index is 0.